The van der Waals surface area contributed by atoms with Gasteiger partial charge in [0.2, 0.25) is 10.0 Å². The van der Waals surface area contributed by atoms with Gasteiger partial charge in [0.25, 0.3) is 0 Å². The van der Waals surface area contributed by atoms with Crippen LogP contribution in [0.4, 0.5) is 0 Å². The van der Waals surface area contributed by atoms with Crippen molar-refractivity contribution in [3.8, 4) is 0 Å². The van der Waals surface area contributed by atoms with Crippen LogP contribution in [0.3, 0.4) is 0 Å². The molecule has 21 heavy (non-hydrogen) atoms. The van der Waals surface area contributed by atoms with Crippen LogP contribution in [0, 0.1) is 5.92 Å². The van der Waals surface area contributed by atoms with Crippen LogP contribution in [0.5, 0.6) is 0 Å². The summed E-state index contributed by atoms with van der Waals surface area (Å²) in [6.07, 6.45) is 0. The Balaban J connectivity index is 2.55. The van der Waals surface area contributed by atoms with E-state index in [2.05, 4.69) is 26.0 Å². The zero-order valence-electron chi connectivity index (χ0n) is 12.6. The zero-order valence-corrected chi connectivity index (χ0v) is 15.0. The summed E-state index contributed by atoms with van der Waals surface area (Å²) in [4.78, 5) is 0.110. The van der Waals surface area contributed by atoms with Crippen LogP contribution in [0.15, 0.2) is 20.0 Å². The van der Waals surface area contributed by atoms with E-state index in [-0.39, 0.29) is 16.1 Å². The lowest BCUT2D eigenvalue weighted by molar-refractivity contribution is 0.114. The molecule has 0 unspecified atom stereocenters. The van der Waals surface area contributed by atoms with Gasteiger partial charge < -0.3 is 14.5 Å². The van der Waals surface area contributed by atoms with Crippen LogP contribution >= 0.6 is 15.9 Å². The third kappa shape index (κ3) is 6.48. The molecule has 0 atom stereocenters. The smallest absolute Gasteiger partial charge is 0.245 e. The molecule has 1 aromatic heterocycles. The van der Waals surface area contributed by atoms with Crippen molar-refractivity contribution in [2.45, 2.75) is 32.2 Å². The summed E-state index contributed by atoms with van der Waals surface area (Å²) < 4.78 is 37.7. The lowest BCUT2D eigenvalue weighted by atomic mass is 10.2. The van der Waals surface area contributed by atoms with E-state index in [1.54, 1.807) is 0 Å². The van der Waals surface area contributed by atoms with Crippen molar-refractivity contribution in [2.24, 2.45) is 5.92 Å². The third-order valence-corrected chi connectivity index (χ3v) is 4.85. The first kappa shape index (κ1) is 18.6. The molecule has 1 rings (SSSR count). The second-order valence-electron chi connectivity index (χ2n) is 5.00. The number of halogens is 1. The Bertz CT molecular complexity index is 528. The maximum atomic E-state index is 12.2. The summed E-state index contributed by atoms with van der Waals surface area (Å²) in [5.41, 5.74) is 0. The first-order chi connectivity index (χ1) is 9.86. The molecule has 0 aliphatic carbocycles. The molecule has 8 heteroatoms. The number of furan rings is 1. The zero-order chi connectivity index (χ0) is 15.9. The molecule has 0 radical (unpaired) electrons. The predicted molar refractivity (Wildman–Crippen MR) is 84.6 cm³/mol. The molecule has 2 N–H and O–H groups in total. The van der Waals surface area contributed by atoms with Gasteiger partial charge in [-0.3, -0.25) is 0 Å². The molecule has 0 fully saturated rings. The highest BCUT2D eigenvalue weighted by molar-refractivity contribution is 9.10. The van der Waals surface area contributed by atoms with E-state index in [9.17, 15) is 8.42 Å². The summed E-state index contributed by atoms with van der Waals surface area (Å²) in [5, 5.41) is 3.08. The standard InChI is InChI=1S/C13H23BrN2O4S/c1-4-15-8-11-7-12(13(14)20-11)21(17,18)16-5-6-19-9-10(2)3/h7,10,15-16H,4-6,8-9H2,1-3H3. The quantitative estimate of drug-likeness (QED) is 0.605. The molecule has 0 spiro atoms. The average Bonchev–Trinajstić information content (AvgIpc) is 2.77. The van der Waals surface area contributed by atoms with E-state index < -0.39 is 10.0 Å². The largest absolute Gasteiger partial charge is 0.452 e. The second kappa shape index (κ2) is 8.89. The number of hydrogen-bond acceptors (Lipinski definition) is 5. The summed E-state index contributed by atoms with van der Waals surface area (Å²) in [6, 6.07) is 1.52. The summed E-state index contributed by atoms with van der Waals surface area (Å²) in [7, 11) is -3.59. The van der Waals surface area contributed by atoms with Crippen LogP contribution in [0.1, 0.15) is 26.5 Å². The molecule has 6 nitrogen and oxygen atoms in total. The first-order valence-corrected chi connectivity index (χ1v) is 9.20. The van der Waals surface area contributed by atoms with Crippen LogP contribution in [0.25, 0.3) is 0 Å². The summed E-state index contributed by atoms with van der Waals surface area (Å²) >= 11 is 3.14. The Morgan fingerprint density at radius 1 is 1.43 bits per heavy atom. The normalized spacial score (nSPS) is 12.2. The maximum absolute atomic E-state index is 12.2. The van der Waals surface area contributed by atoms with Gasteiger partial charge in [0.1, 0.15) is 10.7 Å². The molecule has 0 aliphatic rings. The predicted octanol–water partition coefficient (Wildman–Crippen LogP) is 2.10. The van der Waals surface area contributed by atoms with E-state index in [0.29, 0.717) is 31.4 Å². The van der Waals surface area contributed by atoms with Crippen molar-refractivity contribution in [2.75, 3.05) is 26.3 Å². The van der Waals surface area contributed by atoms with Gasteiger partial charge in [-0.25, -0.2) is 13.1 Å². The molecule has 0 saturated carbocycles. The van der Waals surface area contributed by atoms with E-state index in [4.69, 9.17) is 9.15 Å². The highest BCUT2D eigenvalue weighted by Crippen LogP contribution is 2.25. The number of nitrogens with one attached hydrogen (secondary N) is 2. The Morgan fingerprint density at radius 2 is 2.14 bits per heavy atom. The summed E-state index contributed by atoms with van der Waals surface area (Å²) in [5.74, 6) is 0.999. The van der Waals surface area contributed by atoms with Crippen molar-refractivity contribution in [3.63, 3.8) is 0 Å². The van der Waals surface area contributed by atoms with Crippen LogP contribution in [0.2, 0.25) is 0 Å². The van der Waals surface area contributed by atoms with E-state index >= 15 is 0 Å². The highest BCUT2D eigenvalue weighted by atomic mass is 79.9. The van der Waals surface area contributed by atoms with Gasteiger partial charge >= 0.3 is 0 Å². The average molecular weight is 383 g/mol. The molecule has 1 heterocycles. The van der Waals surface area contributed by atoms with Gasteiger partial charge in [-0.1, -0.05) is 20.8 Å². The van der Waals surface area contributed by atoms with Gasteiger partial charge in [0, 0.05) is 19.2 Å². The van der Waals surface area contributed by atoms with Gasteiger partial charge in [0.15, 0.2) is 4.67 Å². The molecule has 122 valence electrons. The molecule has 0 saturated heterocycles. The lowest BCUT2D eigenvalue weighted by Crippen LogP contribution is -2.27. The SMILES string of the molecule is CCNCc1cc(S(=O)(=O)NCCOCC(C)C)c(Br)o1. The van der Waals surface area contributed by atoms with E-state index in [1.807, 2.05) is 20.8 Å². The van der Waals surface area contributed by atoms with Crippen molar-refractivity contribution in [1.29, 1.82) is 0 Å². The summed E-state index contributed by atoms with van der Waals surface area (Å²) in [6.45, 7) is 8.51. The van der Waals surface area contributed by atoms with Gasteiger partial charge in [-0.15, -0.1) is 0 Å². The number of rotatable bonds is 10. The van der Waals surface area contributed by atoms with Crippen molar-refractivity contribution >= 4 is 26.0 Å². The fraction of sp³-hybridized carbons (Fsp3) is 0.692. The van der Waals surface area contributed by atoms with Gasteiger partial charge in [-0.05, 0) is 28.4 Å². The maximum Gasteiger partial charge on any atom is 0.245 e. The number of hydrogen-bond donors (Lipinski definition) is 2. The fourth-order valence-corrected chi connectivity index (χ4v) is 3.57. The number of sulfonamides is 1. The second-order valence-corrected chi connectivity index (χ2v) is 7.45. The Labute approximate surface area is 134 Å². The Kier molecular flexibility index (Phi) is 7.89. The minimum absolute atomic E-state index is 0.110. The fourth-order valence-electron chi connectivity index (χ4n) is 1.56. The van der Waals surface area contributed by atoms with Crippen molar-refractivity contribution in [1.82, 2.24) is 10.0 Å². The van der Waals surface area contributed by atoms with Gasteiger partial charge in [-0.2, -0.15) is 0 Å². The molecule has 0 bridgehead atoms. The molecular weight excluding hydrogens is 360 g/mol. The van der Waals surface area contributed by atoms with Crippen LogP contribution in [-0.4, -0.2) is 34.7 Å². The minimum atomic E-state index is -3.59. The topological polar surface area (TPSA) is 80.6 Å². The highest BCUT2D eigenvalue weighted by Gasteiger charge is 2.21. The molecular formula is C13H23BrN2O4S. The molecule has 0 aliphatic heterocycles. The number of ether oxygens (including phenoxy) is 1. The first-order valence-electron chi connectivity index (χ1n) is 6.93. The Morgan fingerprint density at radius 3 is 2.76 bits per heavy atom. The molecule has 0 aromatic carbocycles. The lowest BCUT2D eigenvalue weighted by Gasteiger charge is -2.08. The molecule has 1 aromatic rings. The van der Waals surface area contributed by atoms with E-state index in [1.165, 1.54) is 6.07 Å². The minimum Gasteiger partial charge on any atom is -0.452 e. The third-order valence-electron chi connectivity index (χ3n) is 2.53. The van der Waals surface area contributed by atoms with Crippen molar-refractivity contribution < 1.29 is 17.6 Å². The Hall–Kier alpha value is -0.410. The molecule has 0 amide bonds. The van der Waals surface area contributed by atoms with Crippen LogP contribution < -0.4 is 10.0 Å². The van der Waals surface area contributed by atoms with Crippen molar-refractivity contribution in [3.05, 3.63) is 16.5 Å². The van der Waals surface area contributed by atoms with E-state index in [0.717, 1.165) is 6.54 Å². The van der Waals surface area contributed by atoms with Crippen LogP contribution in [-0.2, 0) is 21.3 Å². The van der Waals surface area contributed by atoms with Gasteiger partial charge in [0.05, 0.1) is 13.2 Å². The monoisotopic (exact) mass is 382 g/mol.